The number of para-hydroxylation sites is 2. The van der Waals surface area contributed by atoms with Crippen LogP contribution in [-0.4, -0.2) is 15.5 Å². The lowest BCUT2D eigenvalue weighted by molar-refractivity contribution is -0.116. The van der Waals surface area contributed by atoms with Gasteiger partial charge in [-0.05, 0) is 18.6 Å². The fourth-order valence-electron chi connectivity index (χ4n) is 2.24. The molecule has 0 spiro atoms. The summed E-state index contributed by atoms with van der Waals surface area (Å²) in [5.74, 6) is 1.43. The first kappa shape index (κ1) is 15.1. The largest absolute Gasteiger partial charge is 0.397 e. The topological polar surface area (TPSA) is 72.9 Å². The van der Waals surface area contributed by atoms with Gasteiger partial charge in [-0.1, -0.05) is 26.0 Å². The molecule has 0 bridgehead atoms. The summed E-state index contributed by atoms with van der Waals surface area (Å²) in [6.45, 7) is 5.03. The Morgan fingerprint density at radius 2 is 2.14 bits per heavy atom. The van der Waals surface area contributed by atoms with Crippen molar-refractivity contribution in [2.45, 2.75) is 39.2 Å². The van der Waals surface area contributed by atoms with Crippen LogP contribution >= 0.6 is 0 Å². The molecule has 2 rings (SSSR count). The van der Waals surface area contributed by atoms with Gasteiger partial charge in [-0.2, -0.15) is 0 Å². The first-order chi connectivity index (χ1) is 10.1. The zero-order valence-electron chi connectivity index (χ0n) is 12.5. The molecule has 112 valence electrons. The van der Waals surface area contributed by atoms with E-state index in [-0.39, 0.29) is 5.91 Å². The minimum Gasteiger partial charge on any atom is -0.397 e. The number of rotatable bonds is 6. The van der Waals surface area contributed by atoms with Crippen LogP contribution in [0.3, 0.4) is 0 Å². The van der Waals surface area contributed by atoms with Gasteiger partial charge >= 0.3 is 0 Å². The fraction of sp³-hybridized carbons (Fsp3) is 0.375. The Balaban J connectivity index is 1.82. The molecule has 1 heterocycles. The quantitative estimate of drug-likeness (QED) is 0.802. The maximum absolute atomic E-state index is 11.9. The van der Waals surface area contributed by atoms with Crippen LogP contribution in [0.4, 0.5) is 11.4 Å². The molecule has 2 aromatic rings. The number of aromatic nitrogens is 2. The molecule has 0 saturated heterocycles. The summed E-state index contributed by atoms with van der Waals surface area (Å²) in [6.07, 6.45) is 5.00. The van der Waals surface area contributed by atoms with Crippen molar-refractivity contribution >= 4 is 17.3 Å². The van der Waals surface area contributed by atoms with Crippen molar-refractivity contribution in [3.63, 3.8) is 0 Å². The van der Waals surface area contributed by atoms with Gasteiger partial charge in [0, 0.05) is 31.3 Å². The first-order valence-corrected chi connectivity index (χ1v) is 7.23. The average molecular weight is 286 g/mol. The summed E-state index contributed by atoms with van der Waals surface area (Å²) in [6, 6.07) is 7.28. The Kier molecular flexibility index (Phi) is 4.98. The zero-order valence-corrected chi connectivity index (χ0v) is 12.5. The molecule has 5 heteroatoms. The van der Waals surface area contributed by atoms with Gasteiger partial charge in [0.1, 0.15) is 5.82 Å². The molecule has 0 radical (unpaired) electrons. The van der Waals surface area contributed by atoms with E-state index >= 15 is 0 Å². The number of anilines is 2. The number of nitrogens with one attached hydrogen (secondary N) is 1. The SMILES string of the molecule is CC(C)c1nccn1CCCC(=O)Nc1ccccc1N. The zero-order chi connectivity index (χ0) is 15.2. The molecule has 0 aliphatic carbocycles. The number of aryl methyl sites for hydroxylation is 1. The second kappa shape index (κ2) is 6.92. The lowest BCUT2D eigenvalue weighted by atomic mass is 10.2. The summed E-state index contributed by atoms with van der Waals surface area (Å²) in [5.41, 5.74) is 7.06. The van der Waals surface area contributed by atoms with Gasteiger partial charge in [0.2, 0.25) is 5.91 Å². The van der Waals surface area contributed by atoms with Crippen molar-refractivity contribution in [3.8, 4) is 0 Å². The number of benzene rings is 1. The van der Waals surface area contributed by atoms with Crippen LogP contribution < -0.4 is 11.1 Å². The fourth-order valence-corrected chi connectivity index (χ4v) is 2.24. The summed E-state index contributed by atoms with van der Waals surface area (Å²) < 4.78 is 2.11. The average Bonchev–Trinajstić information content (AvgIpc) is 2.90. The molecular weight excluding hydrogens is 264 g/mol. The van der Waals surface area contributed by atoms with Gasteiger partial charge < -0.3 is 15.6 Å². The van der Waals surface area contributed by atoms with E-state index < -0.39 is 0 Å². The Bertz CT molecular complexity index is 604. The third-order valence-corrected chi connectivity index (χ3v) is 3.30. The first-order valence-electron chi connectivity index (χ1n) is 7.23. The minimum atomic E-state index is -0.0147. The standard InChI is InChI=1S/C16H22N4O/c1-12(2)16-18-9-11-20(16)10-5-8-15(21)19-14-7-4-3-6-13(14)17/h3-4,6-7,9,11-12H,5,8,10,17H2,1-2H3,(H,19,21). The molecular formula is C16H22N4O. The number of hydrogen-bond acceptors (Lipinski definition) is 3. The van der Waals surface area contributed by atoms with Crippen molar-refractivity contribution in [1.82, 2.24) is 9.55 Å². The Labute approximate surface area is 125 Å². The third-order valence-electron chi connectivity index (χ3n) is 3.30. The molecule has 0 unspecified atom stereocenters. The van der Waals surface area contributed by atoms with E-state index in [1.165, 1.54) is 0 Å². The maximum Gasteiger partial charge on any atom is 0.224 e. The molecule has 0 atom stereocenters. The molecule has 1 aromatic heterocycles. The molecule has 0 fully saturated rings. The molecule has 0 aliphatic heterocycles. The number of nitrogens with two attached hydrogens (primary N) is 1. The number of nitrogen functional groups attached to an aromatic ring is 1. The highest BCUT2D eigenvalue weighted by atomic mass is 16.1. The lowest BCUT2D eigenvalue weighted by Crippen LogP contribution is -2.14. The van der Waals surface area contributed by atoms with Crippen molar-refractivity contribution in [3.05, 3.63) is 42.5 Å². The molecule has 3 N–H and O–H groups in total. The van der Waals surface area contributed by atoms with Crippen LogP contribution in [0.2, 0.25) is 0 Å². The van der Waals surface area contributed by atoms with Gasteiger partial charge in [-0.25, -0.2) is 4.98 Å². The number of amides is 1. The third kappa shape index (κ3) is 4.08. The monoisotopic (exact) mass is 286 g/mol. The van der Waals surface area contributed by atoms with Gasteiger partial charge in [0.05, 0.1) is 11.4 Å². The summed E-state index contributed by atoms with van der Waals surface area (Å²) in [4.78, 5) is 16.3. The van der Waals surface area contributed by atoms with E-state index in [1.54, 1.807) is 18.3 Å². The second-order valence-corrected chi connectivity index (χ2v) is 5.37. The van der Waals surface area contributed by atoms with Crippen molar-refractivity contribution in [2.24, 2.45) is 0 Å². The van der Waals surface area contributed by atoms with Crippen LogP contribution in [-0.2, 0) is 11.3 Å². The van der Waals surface area contributed by atoms with E-state index in [2.05, 4.69) is 28.7 Å². The molecule has 0 saturated carbocycles. The summed E-state index contributed by atoms with van der Waals surface area (Å²) in [7, 11) is 0. The van der Waals surface area contributed by atoms with E-state index in [1.807, 2.05) is 18.3 Å². The smallest absolute Gasteiger partial charge is 0.224 e. The second-order valence-electron chi connectivity index (χ2n) is 5.37. The van der Waals surface area contributed by atoms with Crippen LogP contribution in [0.15, 0.2) is 36.7 Å². The Hall–Kier alpha value is -2.30. The van der Waals surface area contributed by atoms with Crippen LogP contribution in [0.25, 0.3) is 0 Å². The lowest BCUT2D eigenvalue weighted by Gasteiger charge is -2.11. The Morgan fingerprint density at radius 1 is 1.38 bits per heavy atom. The Morgan fingerprint density at radius 3 is 2.86 bits per heavy atom. The highest BCUT2D eigenvalue weighted by Crippen LogP contribution is 2.17. The molecule has 1 amide bonds. The molecule has 1 aromatic carbocycles. The highest BCUT2D eigenvalue weighted by Gasteiger charge is 2.08. The highest BCUT2D eigenvalue weighted by molar-refractivity contribution is 5.93. The number of hydrogen-bond donors (Lipinski definition) is 2. The normalized spacial score (nSPS) is 10.8. The van der Waals surface area contributed by atoms with Gasteiger partial charge in [0.15, 0.2) is 0 Å². The number of nitrogens with zero attached hydrogens (tertiary/aromatic N) is 2. The molecule has 21 heavy (non-hydrogen) atoms. The van der Waals surface area contributed by atoms with E-state index in [0.29, 0.717) is 23.7 Å². The number of carbonyl (C=O) groups is 1. The van der Waals surface area contributed by atoms with Gasteiger partial charge in [-0.15, -0.1) is 0 Å². The number of carbonyl (C=O) groups excluding carboxylic acids is 1. The van der Waals surface area contributed by atoms with Crippen LogP contribution in [0.5, 0.6) is 0 Å². The molecule has 0 aliphatic rings. The van der Waals surface area contributed by atoms with Crippen LogP contribution in [0.1, 0.15) is 38.4 Å². The maximum atomic E-state index is 11.9. The van der Waals surface area contributed by atoms with Gasteiger partial charge in [0.25, 0.3) is 0 Å². The summed E-state index contributed by atoms with van der Waals surface area (Å²) in [5, 5.41) is 2.84. The van der Waals surface area contributed by atoms with Crippen molar-refractivity contribution in [1.29, 1.82) is 0 Å². The van der Waals surface area contributed by atoms with E-state index in [4.69, 9.17) is 5.73 Å². The van der Waals surface area contributed by atoms with Crippen molar-refractivity contribution in [2.75, 3.05) is 11.1 Å². The minimum absolute atomic E-state index is 0.0147. The number of imidazole rings is 1. The summed E-state index contributed by atoms with van der Waals surface area (Å²) >= 11 is 0. The van der Waals surface area contributed by atoms with Gasteiger partial charge in [-0.3, -0.25) is 4.79 Å². The van der Waals surface area contributed by atoms with Crippen molar-refractivity contribution < 1.29 is 4.79 Å². The predicted molar refractivity (Wildman–Crippen MR) is 85.0 cm³/mol. The van der Waals surface area contributed by atoms with Crippen LogP contribution in [0, 0.1) is 0 Å². The predicted octanol–water partition coefficient (Wildman–Crippen LogP) is 3.01. The van der Waals surface area contributed by atoms with E-state index in [0.717, 1.165) is 18.8 Å². The molecule has 5 nitrogen and oxygen atoms in total. The van der Waals surface area contributed by atoms with E-state index in [9.17, 15) is 4.79 Å².